The van der Waals surface area contributed by atoms with Crippen LogP contribution >= 0.6 is 0 Å². The first-order valence-corrected chi connectivity index (χ1v) is 7.59. The molecular formula is C14H24N4O5. The van der Waals surface area contributed by atoms with Gasteiger partial charge in [0.1, 0.15) is 6.54 Å². The topological polar surface area (TPSA) is 140 Å². The molecule has 0 aromatic carbocycles. The van der Waals surface area contributed by atoms with E-state index in [2.05, 4.69) is 29.2 Å². The van der Waals surface area contributed by atoms with E-state index in [9.17, 15) is 19.2 Å². The Hall–Kier alpha value is -2.32. The fourth-order valence-corrected chi connectivity index (χ4v) is 2.51. The molecule has 23 heavy (non-hydrogen) atoms. The molecule has 0 aromatic heterocycles. The van der Waals surface area contributed by atoms with Gasteiger partial charge >= 0.3 is 18.0 Å². The summed E-state index contributed by atoms with van der Waals surface area (Å²) in [6, 6.07) is -1.46. The summed E-state index contributed by atoms with van der Waals surface area (Å²) in [6.45, 7) is 3.17. The SMILES string of the molecule is C[C@H]1[C@@H](NC(=O)NC(=O)COC(=O)CNC(N)=O)CCC[C@@H]1C. The molecule has 1 fully saturated rings. The standard InChI is InChI=1S/C14H24N4O5/c1-8-4-3-5-10(9(8)2)17-14(22)18-11(19)7-23-12(20)6-16-13(15)21/h8-10H,3-7H2,1-2H3,(H3,15,16,21)(H2,17,18,19,22)/t8-,9+,10-/m0/s1. The molecule has 3 atom stereocenters. The summed E-state index contributed by atoms with van der Waals surface area (Å²) in [5, 5.41) is 6.90. The van der Waals surface area contributed by atoms with Crippen LogP contribution in [0.2, 0.25) is 0 Å². The minimum Gasteiger partial charge on any atom is -0.454 e. The highest BCUT2D eigenvalue weighted by Crippen LogP contribution is 2.29. The number of esters is 1. The number of hydrogen-bond acceptors (Lipinski definition) is 5. The van der Waals surface area contributed by atoms with Gasteiger partial charge in [-0.05, 0) is 18.3 Å². The van der Waals surface area contributed by atoms with Gasteiger partial charge in [0.15, 0.2) is 6.61 Å². The number of primary amides is 1. The van der Waals surface area contributed by atoms with E-state index in [4.69, 9.17) is 5.73 Å². The second-order valence-corrected chi connectivity index (χ2v) is 5.77. The number of amides is 5. The van der Waals surface area contributed by atoms with Crippen LogP contribution in [0.5, 0.6) is 0 Å². The number of urea groups is 2. The molecule has 130 valence electrons. The van der Waals surface area contributed by atoms with Gasteiger partial charge in [-0.15, -0.1) is 0 Å². The maximum atomic E-state index is 11.8. The largest absolute Gasteiger partial charge is 0.454 e. The quantitative estimate of drug-likeness (QED) is 0.520. The van der Waals surface area contributed by atoms with E-state index in [0.29, 0.717) is 11.8 Å². The van der Waals surface area contributed by atoms with E-state index in [1.165, 1.54) is 0 Å². The van der Waals surface area contributed by atoms with Crippen LogP contribution in [-0.4, -0.2) is 43.1 Å². The molecule has 9 heteroatoms. The summed E-state index contributed by atoms with van der Waals surface area (Å²) in [7, 11) is 0. The second-order valence-electron chi connectivity index (χ2n) is 5.77. The molecule has 1 saturated carbocycles. The maximum Gasteiger partial charge on any atom is 0.325 e. The van der Waals surface area contributed by atoms with Crippen molar-refractivity contribution in [2.24, 2.45) is 17.6 Å². The summed E-state index contributed by atoms with van der Waals surface area (Å²) in [5.74, 6) is -0.716. The Balaban J connectivity index is 2.27. The van der Waals surface area contributed by atoms with Gasteiger partial charge in [-0.3, -0.25) is 14.9 Å². The highest BCUT2D eigenvalue weighted by atomic mass is 16.5. The number of ether oxygens (including phenoxy) is 1. The van der Waals surface area contributed by atoms with E-state index in [-0.39, 0.29) is 6.04 Å². The van der Waals surface area contributed by atoms with Gasteiger partial charge < -0.3 is 21.1 Å². The molecule has 0 unspecified atom stereocenters. The third-order valence-corrected chi connectivity index (χ3v) is 4.05. The molecule has 0 aliphatic heterocycles. The lowest BCUT2D eigenvalue weighted by atomic mass is 9.78. The van der Waals surface area contributed by atoms with Crippen LogP contribution in [0.15, 0.2) is 0 Å². The average Bonchev–Trinajstić information content (AvgIpc) is 2.47. The summed E-state index contributed by atoms with van der Waals surface area (Å²) in [5.41, 5.74) is 4.78. The van der Waals surface area contributed by atoms with Crippen LogP contribution in [0.4, 0.5) is 9.59 Å². The highest BCUT2D eigenvalue weighted by molar-refractivity contribution is 5.95. The molecule has 5 amide bonds. The lowest BCUT2D eigenvalue weighted by Gasteiger charge is -2.34. The van der Waals surface area contributed by atoms with Crippen molar-refractivity contribution in [3.8, 4) is 0 Å². The van der Waals surface area contributed by atoms with Gasteiger partial charge in [0.25, 0.3) is 5.91 Å². The molecule has 5 N–H and O–H groups in total. The van der Waals surface area contributed by atoms with Crippen LogP contribution < -0.4 is 21.7 Å². The van der Waals surface area contributed by atoms with E-state index in [0.717, 1.165) is 19.3 Å². The molecule has 1 aliphatic carbocycles. The molecule has 0 radical (unpaired) electrons. The van der Waals surface area contributed by atoms with Gasteiger partial charge in [-0.25, -0.2) is 9.59 Å². The predicted molar refractivity (Wildman–Crippen MR) is 81.2 cm³/mol. The minimum atomic E-state index is -0.874. The van der Waals surface area contributed by atoms with Crippen LogP contribution in [-0.2, 0) is 14.3 Å². The Morgan fingerprint density at radius 2 is 1.87 bits per heavy atom. The Morgan fingerprint density at radius 3 is 2.52 bits per heavy atom. The van der Waals surface area contributed by atoms with Crippen molar-refractivity contribution in [3.05, 3.63) is 0 Å². The molecule has 0 saturated heterocycles. The molecule has 0 aromatic rings. The van der Waals surface area contributed by atoms with Crippen molar-refractivity contribution in [2.45, 2.75) is 39.2 Å². The Bertz CT molecular complexity index is 468. The Kier molecular flexibility index (Phi) is 7.30. The number of rotatable bonds is 5. The summed E-state index contributed by atoms with van der Waals surface area (Å²) in [4.78, 5) is 44.9. The van der Waals surface area contributed by atoms with Gasteiger partial charge in [0.2, 0.25) is 0 Å². The lowest BCUT2D eigenvalue weighted by Crippen LogP contribution is -2.50. The van der Waals surface area contributed by atoms with Crippen molar-refractivity contribution in [1.29, 1.82) is 0 Å². The zero-order chi connectivity index (χ0) is 17.4. The van der Waals surface area contributed by atoms with Crippen LogP contribution in [0.3, 0.4) is 0 Å². The smallest absolute Gasteiger partial charge is 0.325 e. The van der Waals surface area contributed by atoms with E-state index < -0.39 is 37.1 Å². The van der Waals surface area contributed by atoms with Gasteiger partial charge in [0, 0.05) is 6.04 Å². The fourth-order valence-electron chi connectivity index (χ4n) is 2.51. The van der Waals surface area contributed by atoms with Crippen molar-refractivity contribution < 1.29 is 23.9 Å². The summed E-state index contributed by atoms with van der Waals surface area (Å²) in [6.07, 6.45) is 3.05. The van der Waals surface area contributed by atoms with Crippen LogP contribution in [0, 0.1) is 11.8 Å². The van der Waals surface area contributed by atoms with Crippen LogP contribution in [0.25, 0.3) is 0 Å². The predicted octanol–water partition coefficient (Wildman–Crippen LogP) is -0.152. The van der Waals surface area contributed by atoms with E-state index >= 15 is 0 Å². The lowest BCUT2D eigenvalue weighted by molar-refractivity contribution is -0.147. The zero-order valence-electron chi connectivity index (χ0n) is 13.4. The molecule has 0 spiro atoms. The fraction of sp³-hybridized carbons (Fsp3) is 0.714. The first-order valence-electron chi connectivity index (χ1n) is 7.59. The van der Waals surface area contributed by atoms with Crippen molar-refractivity contribution >= 4 is 23.9 Å². The third kappa shape index (κ3) is 6.98. The zero-order valence-corrected chi connectivity index (χ0v) is 13.4. The van der Waals surface area contributed by atoms with Crippen molar-refractivity contribution in [1.82, 2.24) is 16.0 Å². The maximum absolute atomic E-state index is 11.8. The number of nitrogens with two attached hydrogens (primary N) is 1. The molecular weight excluding hydrogens is 304 g/mol. The van der Waals surface area contributed by atoms with E-state index in [1.54, 1.807) is 0 Å². The highest BCUT2D eigenvalue weighted by Gasteiger charge is 2.28. The summed E-state index contributed by atoms with van der Waals surface area (Å²) < 4.78 is 4.58. The number of imide groups is 1. The minimum absolute atomic E-state index is 0.0221. The number of carbonyl (C=O) groups is 4. The van der Waals surface area contributed by atoms with Gasteiger partial charge in [0.05, 0.1) is 0 Å². The third-order valence-electron chi connectivity index (χ3n) is 4.05. The molecule has 0 heterocycles. The van der Waals surface area contributed by atoms with Gasteiger partial charge in [-0.1, -0.05) is 26.7 Å². The molecule has 0 bridgehead atoms. The van der Waals surface area contributed by atoms with Crippen molar-refractivity contribution in [2.75, 3.05) is 13.2 Å². The van der Waals surface area contributed by atoms with E-state index in [1.807, 2.05) is 5.32 Å². The molecule has 1 rings (SSSR count). The molecule has 9 nitrogen and oxygen atoms in total. The first-order chi connectivity index (χ1) is 10.8. The Morgan fingerprint density at radius 1 is 1.17 bits per heavy atom. The number of hydrogen-bond donors (Lipinski definition) is 4. The number of carbonyl (C=O) groups excluding carboxylic acids is 4. The van der Waals surface area contributed by atoms with Crippen molar-refractivity contribution in [3.63, 3.8) is 0 Å². The first kappa shape index (κ1) is 18.7. The number of nitrogens with one attached hydrogen (secondary N) is 3. The average molecular weight is 328 g/mol. The van der Waals surface area contributed by atoms with Crippen LogP contribution in [0.1, 0.15) is 33.1 Å². The molecule has 1 aliphatic rings. The second kappa shape index (κ2) is 8.96. The normalized spacial score (nSPS) is 23.5. The summed E-state index contributed by atoms with van der Waals surface area (Å²) >= 11 is 0. The Labute approximate surface area is 134 Å². The monoisotopic (exact) mass is 328 g/mol. The van der Waals surface area contributed by atoms with Gasteiger partial charge in [-0.2, -0.15) is 0 Å².